The fraction of sp³-hybridized carbons (Fsp3) is 0.556. The maximum absolute atomic E-state index is 14.5. The van der Waals surface area contributed by atoms with Gasteiger partial charge in [-0.1, -0.05) is 45.9 Å². The Labute approximate surface area is 308 Å². The Bertz CT molecular complexity index is 1800. The average molecular weight is 757 g/mol. The lowest BCUT2D eigenvalue weighted by Gasteiger charge is -2.33. The average Bonchev–Trinajstić information content (AvgIpc) is 3.62. The molecule has 1 aliphatic heterocycles. The van der Waals surface area contributed by atoms with E-state index in [4.69, 9.17) is 33.7 Å². The van der Waals surface area contributed by atoms with Gasteiger partial charge < -0.3 is 29.2 Å². The highest BCUT2D eigenvalue weighted by atomic mass is 31.2. The summed E-state index contributed by atoms with van der Waals surface area (Å²) in [6, 6.07) is 10.5. The molecule has 17 heteroatoms. The summed E-state index contributed by atoms with van der Waals surface area (Å²) in [7, 11) is -4.41. The summed E-state index contributed by atoms with van der Waals surface area (Å²) in [6.45, 7) is 11.9. The van der Waals surface area contributed by atoms with Crippen molar-refractivity contribution in [2.45, 2.75) is 103 Å². The lowest BCUT2D eigenvalue weighted by atomic mass is 9.90. The summed E-state index contributed by atoms with van der Waals surface area (Å²) >= 11 is 0. The van der Waals surface area contributed by atoms with E-state index in [0.29, 0.717) is 11.2 Å². The molecule has 1 saturated carbocycles. The van der Waals surface area contributed by atoms with Gasteiger partial charge in [-0.25, -0.2) is 14.1 Å². The number of nitrogens with two attached hydrogens (primary N) is 1. The van der Waals surface area contributed by atoms with Crippen LogP contribution in [0.2, 0.25) is 0 Å². The summed E-state index contributed by atoms with van der Waals surface area (Å²) in [5.41, 5.74) is 5.28. The second kappa shape index (κ2) is 17.2. The van der Waals surface area contributed by atoms with Crippen molar-refractivity contribution in [1.29, 1.82) is 0 Å². The first kappa shape index (κ1) is 39.8. The molecule has 1 unspecified atom stereocenters. The van der Waals surface area contributed by atoms with Crippen LogP contribution in [0.3, 0.4) is 0 Å². The zero-order chi connectivity index (χ0) is 38.3. The maximum atomic E-state index is 14.5. The Kier molecular flexibility index (Phi) is 12.9. The molecule has 1 saturated heterocycles. The van der Waals surface area contributed by atoms with Gasteiger partial charge in [-0.3, -0.25) is 23.9 Å². The second-order valence-electron chi connectivity index (χ2n) is 14.2. The van der Waals surface area contributed by atoms with Crippen LogP contribution in [0.5, 0.6) is 5.75 Å². The minimum Gasteiger partial charge on any atom is -0.461 e. The molecule has 2 aliphatic rings. The monoisotopic (exact) mass is 756 g/mol. The normalized spacial score (nSPS) is 23.3. The Morgan fingerprint density at radius 3 is 2.34 bits per heavy atom. The number of esters is 3. The first-order chi connectivity index (χ1) is 25.2. The van der Waals surface area contributed by atoms with Crippen molar-refractivity contribution in [2.75, 3.05) is 18.9 Å². The van der Waals surface area contributed by atoms with Gasteiger partial charge in [0.15, 0.2) is 23.6 Å². The van der Waals surface area contributed by atoms with Crippen LogP contribution in [0, 0.1) is 11.8 Å². The number of nitrogens with one attached hydrogen (secondary N) is 1. The summed E-state index contributed by atoms with van der Waals surface area (Å²) in [6.07, 6.45) is -0.263. The molecule has 1 aliphatic carbocycles. The van der Waals surface area contributed by atoms with Crippen molar-refractivity contribution in [1.82, 2.24) is 19.7 Å². The molecule has 3 heterocycles. The molecule has 53 heavy (non-hydrogen) atoms. The molecule has 16 nitrogen and oxygen atoms in total. The van der Waals surface area contributed by atoms with Gasteiger partial charge in [0.25, 0.3) is 0 Å². The van der Waals surface area contributed by atoms with Crippen LogP contribution in [0.1, 0.15) is 72.4 Å². The number of aromatic nitrogens is 3. The molecular formula is C36H49N6O10P. The summed E-state index contributed by atoms with van der Waals surface area (Å²) in [4.78, 5) is 48.0. The van der Waals surface area contributed by atoms with E-state index in [9.17, 15) is 18.9 Å². The molecule has 3 aromatic rings. The summed E-state index contributed by atoms with van der Waals surface area (Å²) in [5.74, 6) is -1.56. The van der Waals surface area contributed by atoms with E-state index in [1.807, 2.05) is 27.7 Å². The molecule has 2 fully saturated rings. The number of anilines is 1. The minimum atomic E-state index is -4.41. The second-order valence-corrected chi connectivity index (χ2v) is 15.9. The number of carbonyl (C=O) groups is 3. The van der Waals surface area contributed by atoms with E-state index >= 15 is 0 Å². The Hall–Kier alpha value is -4.37. The van der Waals surface area contributed by atoms with Gasteiger partial charge in [-0.2, -0.15) is 10.2 Å². The number of hydrogen-bond donors (Lipinski definition) is 2. The molecule has 0 radical (unpaired) electrons. The van der Waals surface area contributed by atoms with Gasteiger partial charge in [-0.15, -0.1) is 0 Å². The van der Waals surface area contributed by atoms with E-state index in [1.54, 1.807) is 42.5 Å². The lowest BCUT2D eigenvalue weighted by molar-refractivity contribution is -0.172. The third-order valence-corrected chi connectivity index (χ3v) is 10.5. The zero-order valence-corrected chi connectivity index (χ0v) is 31.6. The van der Waals surface area contributed by atoms with Crippen LogP contribution in [0.15, 0.2) is 53.8 Å². The van der Waals surface area contributed by atoms with E-state index in [0.717, 1.165) is 19.3 Å². The fourth-order valence-electron chi connectivity index (χ4n) is 6.13. The highest BCUT2D eigenvalue weighted by Gasteiger charge is 2.62. The van der Waals surface area contributed by atoms with Gasteiger partial charge in [0.05, 0.1) is 18.8 Å². The molecule has 2 aromatic heterocycles. The van der Waals surface area contributed by atoms with Gasteiger partial charge in [0.1, 0.15) is 35.8 Å². The first-order valence-electron chi connectivity index (χ1n) is 17.8. The number of nitrogens with zero attached hydrogens (tertiary/aromatic N) is 4. The molecule has 6 atom stereocenters. The Morgan fingerprint density at radius 2 is 1.72 bits per heavy atom. The maximum Gasteiger partial charge on any atom is 0.459 e. The number of rotatable bonds is 18. The van der Waals surface area contributed by atoms with Crippen LogP contribution >= 0.6 is 7.75 Å². The van der Waals surface area contributed by atoms with Crippen molar-refractivity contribution in [3.8, 4) is 5.75 Å². The predicted molar refractivity (Wildman–Crippen MR) is 194 cm³/mol. The zero-order valence-electron chi connectivity index (χ0n) is 30.7. The van der Waals surface area contributed by atoms with Gasteiger partial charge in [0.2, 0.25) is 0 Å². The molecule has 288 valence electrons. The molecule has 3 N–H and O–H groups in total. The van der Waals surface area contributed by atoms with Gasteiger partial charge >= 0.3 is 25.7 Å². The highest BCUT2D eigenvalue weighted by molar-refractivity contribution is 7.52. The molecule has 1 aromatic carbocycles. The number of ether oxygens (including phenoxy) is 4. The first-order valence-corrected chi connectivity index (χ1v) is 19.3. The van der Waals surface area contributed by atoms with Crippen LogP contribution < -0.4 is 15.3 Å². The Morgan fingerprint density at radius 1 is 1.04 bits per heavy atom. The molecule has 0 amide bonds. The van der Waals surface area contributed by atoms with Crippen molar-refractivity contribution < 1.29 is 46.9 Å². The standard InChI is InChI=1S/C36H49N6O10P/c1-22(2)17-30(43)49-32-28(19-47-53(46,52-26-11-8-7-9-12-26)41-24(5)35(45)48-25-13-10-14-25)51-36(20-38-6,33(32)50-31(44)18-23(3)4)29-16-15-27-34(37)39-21-40-42(27)29/h7-9,11-12,15-16,21-25,28,32-33H,6,10,13-14,17-20H2,1-5H3,(H,41,46)(H2,37,39,40)/t24-,28+,32+,33+,36-,53?/m0/s1. The third-order valence-electron chi connectivity index (χ3n) is 8.84. The number of carbonyl (C=O) groups excluding carboxylic acids is 3. The summed E-state index contributed by atoms with van der Waals surface area (Å²) in [5, 5.41) is 7.08. The van der Waals surface area contributed by atoms with Crippen LogP contribution in [0.25, 0.3) is 5.52 Å². The largest absolute Gasteiger partial charge is 0.461 e. The fourth-order valence-corrected chi connectivity index (χ4v) is 7.63. The van der Waals surface area contributed by atoms with E-state index in [-0.39, 0.29) is 48.9 Å². The highest BCUT2D eigenvalue weighted by Crippen LogP contribution is 2.49. The van der Waals surface area contributed by atoms with Gasteiger partial charge in [-0.05, 0) is 69.0 Å². The van der Waals surface area contributed by atoms with Crippen LogP contribution in [0.4, 0.5) is 5.82 Å². The minimum absolute atomic E-state index is 0.0407. The van der Waals surface area contributed by atoms with E-state index in [2.05, 4.69) is 26.9 Å². The molecule has 0 bridgehead atoms. The third kappa shape index (κ3) is 9.60. The van der Waals surface area contributed by atoms with E-state index < -0.39 is 62.2 Å². The number of benzene rings is 1. The van der Waals surface area contributed by atoms with Crippen LogP contribution in [-0.2, 0) is 48.0 Å². The topological polar surface area (TPSA) is 204 Å². The number of nitrogen functional groups attached to an aromatic ring is 1. The van der Waals surface area contributed by atoms with E-state index in [1.165, 1.54) is 17.8 Å². The number of para-hydroxylation sites is 1. The molecular weight excluding hydrogens is 707 g/mol. The summed E-state index contributed by atoms with van der Waals surface area (Å²) < 4.78 is 52.5. The predicted octanol–water partition coefficient (Wildman–Crippen LogP) is 4.80. The number of fused-ring (bicyclic) bond motifs is 1. The molecule has 5 rings (SSSR count). The quantitative estimate of drug-likeness (QED) is 0.0775. The SMILES string of the molecule is C=NC[C@@]1(c2ccc3c(N)ncnn23)O[C@H](COP(=O)(N[C@@H](C)C(=O)OC2CCC2)Oc2ccccc2)[C@@H](OC(=O)CC(C)C)[C@H]1OC(=O)CC(C)C. The number of hydrogen-bond acceptors (Lipinski definition) is 14. The van der Waals surface area contributed by atoms with Crippen molar-refractivity contribution in [3.05, 3.63) is 54.5 Å². The van der Waals surface area contributed by atoms with Crippen molar-refractivity contribution in [3.63, 3.8) is 0 Å². The number of aliphatic imine (C=N–C) groups is 1. The molecule has 0 spiro atoms. The Balaban J connectivity index is 1.55. The smallest absolute Gasteiger partial charge is 0.459 e. The van der Waals surface area contributed by atoms with Crippen LogP contribution in [-0.4, -0.2) is 82.8 Å². The lowest BCUT2D eigenvalue weighted by Crippen LogP contribution is -2.48. The van der Waals surface area contributed by atoms with Crippen molar-refractivity contribution in [2.24, 2.45) is 16.8 Å². The van der Waals surface area contributed by atoms with Gasteiger partial charge in [0, 0.05) is 12.8 Å². The van der Waals surface area contributed by atoms with Crippen molar-refractivity contribution >= 4 is 43.7 Å².